The van der Waals surface area contributed by atoms with Crippen LogP contribution < -0.4 is 5.32 Å². The molecule has 21 heavy (non-hydrogen) atoms. The molecule has 1 aliphatic carbocycles. The average Bonchev–Trinajstić information content (AvgIpc) is 2.70. The Morgan fingerprint density at radius 1 is 1.14 bits per heavy atom. The monoisotopic (exact) mass is 321 g/mol. The van der Waals surface area contributed by atoms with Crippen LogP contribution in [0.1, 0.15) is 26.7 Å². The Bertz CT molecular complexity index is 613. The van der Waals surface area contributed by atoms with Crippen LogP contribution in [0, 0.1) is 11.8 Å². The van der Waals surface area contributed by atoms with Crippen LogP contribution in [0.5, 0.6) is 0 Å². The molecule has 3 atom stereocenters. The number of halogens is 3. The Balaban J connectivity index is 2.35. The zero-order chi connectivity index (χ0) is 15.8. The topological polar surface area (TPSA) is 46.2 Å². The SMILES string of the molecule is CC1CCC(Nc2ccccc2S(=O)(=O)C(F)(F)F)C1C. The van der Waals surface area contributed by atoms with Crippen molar-refractivity contribution in [2.24, 2.45) is 11.8 Å². The molecule has 3 unspecified atom stereocenters. The van der Waals surface area contributed by atoms with Gasteiger partial charge in [-0.3, -0.25) is 0 Å². The number of nitrogens with one attached hydrogen (secondary N) is 1. The molecule has 0 bridgehead atoms. The summed E-state index contributed by atoms with van der Waals surface area (Å²) < 4.78 is 61.5. The molecule has 0 amide bonds. The molecule has 1 aromatic carbocycles. The number of alkyl halides is 3. The Hall–Kier alpha value is -1.24. The Kier molecular flexibility index (Phi) is 4.24. The van der Waals surface area contributed by atoms with Crippen LogP contribution in [0.4, 0.5) is 18.9 Å². The van der Waals surface area contributed by atoms with Gasteiger partial charge in [-0.25, -0.2) is 8.42 Å². The minimum atomic E-state index is -5.34. The molecule has 1 fully saturated rings. The maximum atomic E-state index is 12.7. The number of benzene rings is 1. The smallest absolute Gasteiger partial charge is 0.381 e. The van der Waals surface area contributed by atoms with E-state index in [1.165, 1.54) is 18.2 Å². The first-order valence-electron chi connectivity index (χ1n) is 6.81. The normalized spacial score (nSPS) is 26.8. The highest BCUT2D eigenvalue weighted by Gasteiger charge is 2.48. The molecule has 0 heterocycles. The van der Waals surface area contributed by atoms with Crippen molar-refractivity contribution in [3.05, 3.63) is 24.3 Å². The number of sulfone groups is 1. The fraction of sp³-hybridized carbons (Fsp3) is 0.571. The van der Waals surface area contributed by atoms with Crippen LogP contribution >= 0.6 is 0 Å². The van der Waals surface area contributed by atoms with E-state index in [4.69, 9.17) is 0 Å². The molecular formula is C14H18F3NO2S. The molecule has 1 aromatic rings. The number of hydrogen-bond acceptors (Lipinski definition) is 3. The van der Waals surface area contributed by atoms with E-state index in [1.807, 2.05) is 6.92 Å². The van der Waals surface area contributed by atoms with Crippen molar-refractivity contribution in [3.8, 4) is 0 Å². The molecule has 0 aromatic heterocycles. The van der Waals surface area contributed by atoms with E-state index in [0.717, 1.165) is 18.9 Å². The minimum absolute atomic E-state index is 0.00964. The van der Waals surface area contributed by atoms with Gasteiger partial charge in [0.25, 0.3) is 9.84 Å². The fourth-order valence-corrected chi connectivity index (χ4v) is 3.64. The van der Waals surface area contributed by atoms with Crippen molar-refractivity contribution in [2.75, 3.05) is 5.32 Å². The van der Waals surface area contributed by atoms with Crippen molar-refractivity contribution >= 4 is 15.5 Å². The fourth-order valence-electron chi connectivity index (χ4n) is 2.71. The highest BCUT2D eigenvalue weighted by Crippen LogP contribution is 2.37. The minimum Gasteiger partial charge on any atom is -0.381 e. The van der Waals surface area contributed by atoms with E-state index in [9.17, 15) is 21.6 Å². The van der Waals surface area contributed by atoms with Crippen molar-refractivity contribution in [3.63, 3.8) is 0 Å². The molecule has 118 valence electrons. The quantitative estimate of drug-likeness (QED) is 0.920. The van der Waals surface area contributed by atoms with Crippen molar-refractivity contribution < 1.29 is 21.6 Å². The first-order chi connectivity index (χ1) is 9.64. The summed E-state index contributed by atoms with van der Waals surface area (Å²) in [6, 6.07) is 5.19. The van der Waals surface area contributed by atoms with E-state index in [1.54, 1.807) is 0 Å². The van der Waals surface area contributed by atoms with Crippen LogP contribution in [0.3, 0.4) is 0 Å². The third-order valence-corrected chi connectivity index (χ3v) is 5.83. The van der Waals surface area contributed by atoms with E-state index < -0.39 is 20.2 Å². The zero-order valence-electron chi connectivity index (χ0n) is 11.8. The maximum absolute atomic E-state index is 12.7. The molecule has 1 saturated carbocycles. The number of hydrogen-bond donors (Lipinski definition) is 1. The summed E-state index contributed by atoms with van der Waals surface area (Å²) in [4.78, 5) is -0.704. The van der Waals surface area contributed by atoms with Crippen LogP contribution in [0.15, 0.2) is 29.2 Å². The van der Waals surface area contributed by atoms with Gasteiger partial charge in [0.2, 0.25) is 0 Å². The summed E-state index contributed by atoms with van der Waals surface area (Å²) in [6.45, 7) is 4.11. The lowest BCUT2D eigenvalue weighted by Gasteiger charge is -2.22. The molecule has 0 saturated heterocycles. The van der Waals surface area contributed by atoms with Crippen LogP contribution in [-0.4, -0.2) is 20.0 Å². The molecule has 1 N–H and O–H groups in total. The van der Waals surface area contributed by atoms with E-state index >= 15 is 0 Å². The van der Waals surface area contributed by atoms with Gasteiger partial charge in [0.15, 0.2) is 0 Å². The number of rotatable bonds is 3. The van der Waals surface area contributed by atoms with Gasteiger partial charge in [0.1, 0.15) is 0 Å². The highest BCUT2D eigenvalue weighted by atomic mass is 32.2. The van der Waals surface area contributed by atoms with Crippen molar-refractivity contribution in [1.82, 2.24) is 0 Å². The molecule has 7 heteroatoms. The third kappa shape index (κ3) is 3.02. The number of anilines is 1. The van der Waals surface area contributed by atoms with E-state index in [2.05, 4.69) is 12.2 Å². The summed E-state index contributed by atoms with van der Waals surface area (Å²) in [5.41, 5.74) is -5.26. The van der Waals surface area contributed by atoms with Gasteiger partial charge in [-0.05, 0) is 36.8 Å². The molecule has 1 aliphatic rings. The second kappa shape index (κ2) is 5.51. The summed E-state index contributed by atoms with van der Waals surface area (Å²) in [5.74, 6) is 0.750. The summed E-state index contributed by atoms with van der Waals surface area (Å²) in [7, 11) is -5.34. The standard InChI is InChI=1S/C14H18F3NO2S/c1-9-7-8-11(10(9)2)18-12-5-3-4-6-13(12)21(19,20)14(15,16)17/h3-6,9-11,18H,7-8H2,1-2H3. The summed E-state index contributed by atoms with van der Waals surface area (Å²) >= 11 is 0. The Labute approximate surface area is 122 Å². The lowest BCUT2D eigenvalue weighted by molar-refractivity contribution is -0.0435. The van der Waals surface area contributed by atoms with Crippen molar-refractivity contribution in [2.45, 2.75) is 43.1 Å². The maximum Gasteiger partial charge on any atom is 0.501 e. The first kappa shape index (κ1) is 16.1. The Morgan fingerprint density at radius 2 is 1.76 bits per heavy atom. The van der Waals surface area contributed by atoms with Gasteiger partial charge in [0.05, 0.1) is 10.6 Å². The molecule has 2 rings (SSSR count). The predicted octanol–water partition coefficient (Wildman–Crippen LogP) is 3.83. The average molecular weight is 321 g/mol. The zero-order valence-corrected chi connectivity index (χ0v) is 12.6. The summed E-state index contributed by atoms with van der Waals surface area (Å²) in [6.07, 6.45) is 1.80. The van der Waals surface area contributed by atoms with Gasteiger partial charge in [0, 0.05) is 6.04 Å². The first-order valence-corrected chi connectivity index (χ1v) is 8.30. The molecular weight excluding hydrogens is 303 g/mol. The van der Waals surface area contributed by atoms with Gasteiger partial charge in [-0.1, -0.05) is 26.0 Å². The molecule has 3 nitrogen and oxygen atoms in total. The van der Waals surface area contributed by atoms with E-state index in [-0.39, 0.29) is 17.6 Å². The van der Waals surface area contributed by atoms with Gasteiger partial charge >= 0.3 is 5.51 Å². The largest absolute Gasteiger partial charge is 0.501 e. The number of para-hydroxylation sites is 1. The third-order valence-electron chi connectivity index (χ3n) is 4.29. The van der Waals surface area contributed by atoms with Crippen LogP contribution in [0.2, 0.25) is 0 Å². The Morgan fingerprint density at radius 3 is 2.29 bits per heavy atom. The molecule has 0 spiro atoms. The molecule has 0 radical (unpaired) electrons. The molecule has 0 aliphatic heterocycles. The van der Waals surface area contributed by atoms with Crippen molar-refractivity contribution in [1.29, 1.82) is 0 Å². The second-order valence-corrected chi connectivity index (χ2v) is 7.52. The van der Waals surface area contributed by atoms with Gasteiger partial charge in [-0.2, -0.15) is 13.2 Å². The van der Waals surface area contributed by atoms with Gasteiger partial charge < -0.3 is 5.32 Å². The lowest BCUT2D eigenvalue weighted by Crippen LogP contribution is -2.28. The van der Waals surface area contributed by atoms with Crippen LogP contribution in [0.25, 0.3) is 0 Å². The predicted molar refractivity (Wildman–Crippen MR) is 74.7 cm³/mol. The van der Waals surface area contributed by atoms with Crippen LogP contribution in [-0.2, 0) is 9.84 Å². The van der Waals surface area contributed by atoms with Gasteiger partial charge in [-0.15, -0.1) is 0 Å². The lowest BCUT2D eigenvalue weighted by atomic mass is 9.97. The second-order valence-electron chi connectivity index (χ2n) is 5.61. The van der Waals surface area contributed by atoms with E-state index in [0.29, 0.717) is 5.92 Å². The summed E-state index contributed by atoms with van der Waals surface area (Å²) in [5, 5.41) is 2.99. The highest BCUT2D eigenvalue weighted by molar-refractivity contribution is 7.92.